The van der Waals surface area contributed by atoms with Gasteiger partial charge in [0.2, 0.25) is 10.0 Å². The molecule has 1 atom stereocenters. The lowest BCUT2D eigenvalue weighted by molar-refractivity contribution is -0.139. The van der Waals surface area contributed by atoms with Gasteiger partial charge in [0.25, 0.3) is 0 Å². The number of carbonyl (C=O) groups is 1. The molecule has 0 aromatic heterocycles. The van der Waals surface area contributed by atoms with Crippen molar-refractivity contribution in [2.45, 2.75) is 24.3 Å². The molecule has 8 heteroatoms. The molecule has 0 aliphatic carbocycles. The SMILES string of the molecule is CCC(NS(=O)(=O)c1ccc(F)c(Cl)c1)C(=O)O. The van der Waals surface area contributed by atoms with E-state index in [9.17, 15) is 17.6 Å². The van der Waals surface area contributed by atoms with Crippen LogP contribution in [0.3, 0.4) is 0 Å². The van der Waals surface area contributed by atoms with Gasteiger partial charge in [0.1, 0.15) is 11.9 Å². The molecule has 0 aliphatic rings. The van der Waals surface area contributed by atoms with Crippen molar-refractivity contribution in [2.24, 2.45) is 0 Å². The van der Waals surface area contributed by atoms with Crippen molar-refractivity contribution in [2.75, 3.05) is 0 Å². The normalized spacial score (nSPS) is 13.3. The third kappa shape index (κ3) is 3.41. The van der Waals surface area contributed by atoms with E-state index in [1.165, 1.54) is 6.92 Å². The van der Waals surface area contributed by atoms with Crippen molar-refractivity contribution in [1.29, 1.82) is 0 Å². The Hall–Kier alpha value is -1.18. The number of rotatable bonds is 5. The van der Waals surface area contributed by atoms with E-state index >= 15 is 0 Å². The molecule has 1 aromatic rings. The zero-order valence-electron chi connectivity index (χ0n) is 9.35. The lowest BCUT2D eigenvalue weighted by Crippen LogP contribution is -2.40. The standard InChI is InChI=1S/C10H11ClFNO4S/c1-2-9(10(14)15)13-18(16,17)6-3-4-8(12)7(11)5-6/h3-5,9,13H,2H2,1H3,(H,14,15). The van der Waals surface area contributed by atoms with Crippen LogP contribution in [0.25, 0.3) is 0 Å². The Morgan fingerprint density at radius 3 is 2.61 bits per heavy atom. The summed E-state index contributed by atoms with van der Waals surface area (Å²) in [5.41, 5.74) is 0. The molecule has 100 valence electrons. The minimum absolute atomic E-state index is 0.0868. The quantitative estimate of drug-likeness (QED) is 0.864. The molecule has 0 fully saturated rings. The molecule has 0 amide bonds. The molecule has 5 nitrogen and oxygen atoms in total. The molecule has 0 saturated heterocycles. The molecular weight excluding hydrogens is 285 g/mol. The van der Waals surface area contributed by atoms with Crippen molar-refractivity contribution in [1.82, 2.24) is 4.72 Å². The largest absolute Gasteiger partial charge is 0.480 e. The van der Waals surface area contributed by atoms with Crippen LogP contribution in [-0.4, -0.2) is 25.5 Å². The minimum Gasteiger partial charge on any atom is -0.480 e. The maximum atomic E-state index is 12.9. The Morgan fingerprint density at radius 1 is 1.56 bits per heavy atom. The zero-order chi connectivity index (χ0) is 13.9. The average molecular weight is 296 g/mol. The minimum atomic E-state index is -4.04. The van der Waals surface area contributed by atoms with Gasteiger partial charge in [-0.15, -0.1) is 0 Å². The highest BCUT2D eigenvalue weighted by atomic mass is 35.5. The van der Waals surface area contributed by atoms with Gasteiger partial charge in [0, 0.05) is 0 Å². The molecule has 0 heterocycles. The lowest BCUT2D eigenvalue weighted by Gasteiger charge is -2.12. The van der Waals surface area contributed by atoms with Crippen LogP contribution in [0.1, 0.15) is 13.3 Å². The number of nitrogens with one attached hydrogen (secondary N) is 1. The second kappa shape index (κ2) is 5.64. The number of sulfonamides is 1. The van der Waals surface area contributed by atoms with Crippen molar-refractivity contribution >= 4 is 27.6 Å². The predicted octanol–water partition coefficient (Wildman–Crippen LogP) is 1.62. The number of carboxylic acid groups (broad SMARTS) is 1. The zero-order valence-corrected chi connectivity index (χ0v) is 10.9. The molecule has 18 heavy (non-hydrogen) atoms. The van der Waals surface area contributed by atoms with E-state index in [4.69, 9.17) is 16.7 Å². The van der Waals surface area contributed by atoms with E-state index in [2.05, 4.69) is 0 Å². The summed E-state index contributed by atoms with van der Waals surface area (Å²) in [4.78, 5) is 10.5. The molecule has 0 radical (unpaired) electrons. The van der Waals surface area contributed by atoms with E-state index in [0.29, 0.717) is 0 Å². The maximum Gasteiger partial charge on any atom is 0.321 e. The number of hydrogen-bond donors (Lipinski definition) is 2. The average Bonchev–Trinajstić information content (AvgIpc) is 2.29. The first kappa shape index (κ1) is 14.9. The first-order valence-corrected chi connectivity index (χ1v) is 6.84. The third-order valence-electron chi connectivity index (χ3n) is 2.21. The molecule has 1 rings (SSSR count). The van der Waals surface area contributed by atoms with Gasteiger partial charge in [-0.3, -0.25) is 4.79 Å². The summed E-state index contributed by atoms with van der Waals surface area (Å²) in [5.74, 6) is -2.03. The topological polar surface area (TPSA) is 83.5 Å². The van der Waals surface area contributed by atoms with Gasteiger partial charge in [-0.05, 0) is 24.6 Å². The summed E-state index contributed by atoms with van der Waals surface area (Å²) in [7, 11) is -4.04. The molecule has 0 saturated carbocycles. The number of aliphatic carboxylic acids is 1. The van der Waals surface area contributed by atoms with Gasteiger partial charge < -0.3 is 5.11 Å². The van der Waals surface area contributed by atoms with E-state index in [-0.39, 0.29) is 16.3 Å². The fraction of sp³-hybridized carbons (Fsp3) is 0.300. The Bertz CT molecular complexity index is 561. The van der Waals surface area contributed by atoms with E-state index < -0.39 is 27.9 Å². The summed E-state index contributed by atoms with van der Waals surface area (Å²) < 4.78 is 38.5. The fourth-order valence-corrected chi connectivity index (χ4v) is 2.75. The summed E-state index contributed by atoms with van der Waals surface area (Å²) >= 11 is 5.47. The van der Waals surface area contributed by atoms with E-state index in [1.54, 1.807) is 0 Å². The van der Waals surface area contributed by atoms with Gasteiger partial charge in [0.05, 0.1) is 9.92 Å². The Labute approximate surface area is 109 Å². The number of hydrogen-bond acceptors (Lipinski definition) is 3. The second-order valence-corrected chi connectivity index (χ2v) is 5.62. The van der Waals surface area contributed by atoms with Crippen LogP contribution in [0.4, 0.5) is 4.39 Å². The molecule has 1 unspecified atom stereocenters. The summed E-state index contributed by atoms with van der Waals surface area (Å²) in [6, 6.07) is 1.60. The highest BCUT2D eigenvalue weighted by Gasteiger charge is 2.24. The van der Waals surface area contributed by atoms with Crippen molar-refractivity contribution in [3.63, 3.8) is 0 Å². The van der Waals surface area contributed by atoms with Gasteiger partial charge in [-0.25, -0.2) is 12.8 Å². The van der Waals surface area contributed by atoms with Crippen molar-refractivity contribution < 1.29 is 22.7 Å². The van der Waals surface area contributed by atoms with E-state index in [0.717, 1.165) is 18.2 Å². The van der Waals surface area contributed by atoms with Crippen LogP contribution in [0.5, 0.6) is 0 Å². The third-order valence-corrected chi connectivity index (χ3v) is 3.96. The second-order valence-electron chi connectivity index (χ2n) is 3.50. The first-order chi connectivity index (χ1) is 8.27. The van der Waals surface area contributed by atoms with Crippen LogP contribution >= 0.6 is 11.6 Å². The number of carboxylic acids is 1. The molecule has 0 spiro atoms. The molecule has 1 aromatic carbocycles. The Balaban J connectivity index is 3.06. The predicted molar refractivity (Wildman–Crippen MR) is 63.4 cm³/mol. The lowest BCUT2D eigenvalue weighted by atomic mass is 10.2. The van der Waals surface area contributed by atoms with Gasteiger partial charge in [-0.1, -0.05) is 18.5 Å². The summed E-state index contributed by atoms with van der Waals surface area (Å²) in [6.45, 7) is 1.53. The monoisotopic (exact) mass is 295 g/mol. The molecular formula is C10H11ClFNO4S. The van der Waals surface area contributed by atoms with Crippen LogP contribution in [0, 0.1) is 5.82 Å². The van der Waals surface area contributed by atoms with Crippen LogP contribution in [0.15, 0.2) is 23.1 Å². The summed E-state index contributed by atoms with van der Waals surface area (Å²) in [6.07, 6.45) is 0.0868. The van der Waals surface area contributed by atoms with Crippen LogP contribution in [-0.2, 0) is 14.8 Å². The van der Waals surface area contributed by atoms with Crippen LogP contribution in [0.2, 0.25) is 5.02 Å². The smallest absolute Gasteiger partial charge is 0.321 e. The Kier molecular flexibility index (Phi) is 4.66. The molecule has 0 aliphatic heterocycles. The highest BCUT2D eigenvalue weighted by Crippen LogP contribution is 2.19. The van der Waals surface area contributed by atoms with Crippen LogP contribution < -0.4 is 4.72 Å². The van der Waals surface area contributed by atoms with E-state index in [1.807, 2.05) is 4.72 Å². The van der Waals surface area contributed by atoms with Gasteiger partial charge >= 0.3 is 5.97 Å². The summed E-state index contributed by atoms with van der Waals surface area (Å²) in [5, 5.41) is 8.42. The number of benzene rings is 1. The fourth-order valence-electron chi connectivity index (χ4n) is 1.21. The number of halogens is 2. The Morgan fingerprint density at radius 2 is 2.17 bits per heavy atom. The highest BCUT2D eigenvalue weighted by molar-refractivity contribution is 7.89. The van der Waals surface area contributed by atoms with Gasteiger partial charge in [-0.2, -0.15) is 4.72 Å². The molecule has 0 bridgehead atoms. The van der Waals surface area contributed by atoms with Crippen molar-refractivity contribution in [3.05, 3.63) is 29.0 Å². The maximum absolute atomic E-state index is 12.9. The first-order valence-electron chi connectivity index (χ1n) is 4.98. The van der Waals surface area contributed by atoms with Crippen molar-refractivity contribution in [3.8, 4) is 0 Å². The van der Waals surface area contributed by atoms with Gasteiger partial charge in [0.15, 0.2) is 0 Å². The molecule has 2 N–H and O–H groups in total.